The molecule has 0 aliphatic heterocycles. The number of ether oxygens (including phenoxy) is 1. The van der Waals surface area contributed by atoms with E-state index in [0.717, 1.165) is 11.1 Å². The molecule has 0 N–H and O–H groups in total. The zero-order valence-corrected chi connectivity index (χ0v) is 13.9. The lowest BCUT2D eigenvalue weighted by Gasteiger charge is -2.18. The van der Waals surface area contributed by atoms with Crippen LogP contribution in [0.25, 0.3) is 0 Å². The minimum absolute atomic E-state index is 0.0109. The summed E-state index contributed by atoms with van der Waals surface area (Å²) in [5.41, 5.74) is 2.64. The molecule has 0 aliphatic rings. The topological polar surface area (TPSA) is 85.6 Å². The van der Waals surface area contributed by atoms with Crippen LogP contribution in [-0.2, 0) is 11.3 Å². The molecule has 24 heavy (non-hydrogen) atoms. The quantitative estimate of drug-likeness (QED) is 0.601. The number of carbonyl (C=O) groups excluding carboxylic acids is 1. The molecule has 0 spiro atoms. The fourth-order valence-corrected chi connectivity index (χ4v) is 2.15. The van der Waals surface area contributed by atoms with Crippen molar-refractivity contribution in [2.24, 2.45) is 0 Å². The van der Waals surface area contributed by atoms with Crippen molar-refractivity contribution in [2.75, 3.05) is 13.7 Å². The number of hydrogen-bond acceptors (Lipinski definition) is 5. The Hall–Kier alpha value is -2.96. The van der Waals surface area contributed by atoms with Gasteiger partial charge in [0.2, 0.25) is 5.75 Å². The molecular formula is C17H19N3O4. The number of aromatic nitrogens is 1. The molecule has 2 aromatic rings. The summed E-state index contributed by atoms with van der Waals surface area (Å²) in [4.78, 5) is 27.9. The molecule has 0 unspecified atom stereocenters. The van der Waals surface area contributed by atoms with Gasteiger partial charge in [-0.05, 0) is 40.1 Å². The van der Waals surface area contributed by atoms with Crippen LogP contribution in [0, 0.1) is 24.0 Å². The maximum absolute atomic E-state index is 12.2. The van der Waals surface area contributed by atoms with Crippen LogP contribution < -0.4 is 4.74 Å². The zero-order chi connectivity index (χ0) is 17.7. The number of amides is 1. The molecule has 0 radical (unpaired) electrons. The number of likely N-dealkylation sites (N-methyl/N-ethyl adjacent to an activating group) is 1. The Morgan fingerprint density at radius 3 is 2.62 bits per heavy atom. The molecule has 1 aromatic heterocycles. The van der Waals surface area contributed by atoms with Gasteiger partial charge in [-0.3, -0.25) is 4.79 Å². The van der Waals surface area contributed by atoms with Gasteiger partial charge in [-0.25, -0.2) is 0 Å². The summed E-state index contributed by atoms with van der Waals surface area (Å²) >= 11 is 0. The van der Waals surface area contributed by atoms with Crippen molar-refractivity contribution >= 4 is 11.7 Å². The molecule has 0 bridgehead atoms. The molecule has 7 heteroatoms. The Labute approximate surface area is 140 Å². The largest absolute Gasteiger partial charge is 0.476 e. The maximum atomic E-state index is 12.2. The summed E-state index contributed by atoms with van der Waals surface area (Å²) in [7, 11) is 1.67. The molecule has 1 aromatic carbocycles. The van der Waals surface area contributed by atoms with Gasteiger partial charge in [0, 0.05) is 20.5 Å². The average molecular weight is 329 g/mol. The second-order valence-electron chi connectivity index (χ2n) is 5.50. The van der Waals surface area contributed by atoms with Crippen LogP contribution in [0.5, 0.6) is 5.75 Å². The molecule has 2 rings (SSSR count). The Kier molecular flexibility index (Phi) is 5.47. The number of pyridine rings is 1. The van der Waals surface area contributed by atoms with E-state index in [1.165, 1.54) is 11.0 Å². The van der Waals surface area contributed by atoms with Gasteiger partial charge in [0.1, 0.15) is 5.69 Å². The van der Waals surface area contributed by atoms with Crippen LogP contribution in [-0.4, -0.2) is 34.4 Å². The Morgan fingerprint density at radius 2 is 1.96 bits per heavy atom. The molecule has 1 heterocycles. The van der Waals surface area contributed by atoms with Crippen LogP contribution in [0.3, 0.4) is 0 Å². The van der Waals surface area contributed by atoms with Crippen molar-refractivity contribution in [3.05, 3.63) is 63.3 Å². The number of nitrogens with zero attached hydrogens (tertiary/aromatic N) is 3. The van der Waals surface area contributed by atoms with Crippen molar-refractivity contribution in [1.29, 1.82) is 0 Å². The predicted octanol–water partition coefficient (Wildman–Crippen LogP) is 2.64. The maximum Gasteiger partial charge on any atom is 0.406 e. The Morgan fingerprint density at radius 1 is 1.25 bits per heavy atom. The van der Waals surface area contributed by atoms with Gasteiger partial charge in [0.05, 0.1) is 0 Å². The van der Waals surface area contributed by atoms with Gasteiger partial charge in [0.15, 0.2) is 6.61 Å². The van der Waals surface area contributed by atoms with Gasteiger partial charge in [-0.15, -0.1) is 0 Å². The van der Waals surface area contributed by atoms with E-state index in [4.69, 9.17) is 4.74 Å². The summed E-state index contributed by atoms with van der Waals surface area (Å²) in [5.74, 6) is -0.666. The van der Waals surface area contributed by atoms with E-state index in [9.17, 15) is 14.9 Å². The lowest BCUT2D eigenvalue weighted by Crippen LogP contribution is -2.31. The van der Waals surface area contributed by atoms with Gasteiger partial charge in [-0.1, -0.05) is 24.3 Å². The highest BCUT2D eigenvalue weighted by Gasteiger charge is 2.19. The van der Waals surface area contributed by atoms with Crippen LogP contribution in [0.2, 0.25) is 0 Å². The van der Waals surface area contributed by atoms with Crippen LogP contribution in [0.1, 0.15) is 16.8 Å². The molecule has 0 saturated heterocycles. The van der Waals surface area contributed by atoms with E-state index in [1.54, 1.807) is 20.0 Å². The van der Waals surface area contributed by atoms with E-state index >= 15 is 0 Å². The predicted molar refractivity (Wildman–Crippen MR) is 88.8 cm³/mol. The van der Waals surface area contributed by atoms with Crippen molar-refractivity contribution in [3.8, 4) is 5.75 Å². The molecule has 0 fully saturated rings. The van der Waals surface area contributed by atoms with Gasteiger partial charge in [0.25, 0.3) is 5.91 Å². The second kappa shape index (κ2) is 7.54. The number of carbonyl (C=O) groups is 1. The number of hydrogen-bond donors (Lipinski definition) is 0. The summed E-state index contributed by atoms with van der Waals surface area (Å²) < 4.78 is 5.31. The lowest BCUT2D eigenvalue weighted by molar-refractivity contribution is -0.390. The number of aryl methyl sites for hydroxylation is 2. The molecule has 126 valence electrons. The number of rotatable bonds is 6. The molecule has 0 aliphatic carbocycles. The Bertz CT molecular complexity index is 761. The summed E-state index contributed by atoms with van der Waals surface area (Å²) in [6, 6.07) is 10.8. The van der Waals surface area contributed by atoms with E-state index in [1.807, 2.05) is 31.2 Å². The second-order valence-corrected chi connectivity index (χ2v) is 5.50. The first-order chi connectivity index (χ1) is 11.4. The third kappa shape index (κ3) is 4.28. The van der Waals surface area contributed by atoms with Gasteiger partial charge in [-0.2, -0.15) is 0 Å². The highest BCUT2D eigenvalue weighted by atomic mass is 16.6. The van der Waals surface area contributed by atoms with E-state index in [-0.39, 0.29) is 24.1 Å². The standard InChI is InChI=1S/C17H19N3O4/c1-12-6-4-5-7-14(12)10-19(3)16(21)11-24-15-9-8-13(2)18-17(15)20(22)23/h4-9H,10-11H2,1-3H3. The summed E-state index contributed by atoms with van der Waals surface area (Å²) in [6.45, 7) is 3.79. The fourth-order valence-electron chi connectivity index (χ4n) is 2.15. The van der Waals surface area contributed by atoms with Crippen LogP contribution in [0.15, 0.2) is 36.4 Å². The van der Waals surface area contributed by atoms with Crippen molar-refractivity contribution < 1.29 is 14.5 Å². The summed E-state index contributed by atoms with van der Waals surface area (Å²) in [6.07, 6.45) is 0. The van der Waals surface area contributed by atoms with Crippen molar-refractivity contribution in [2.45, 2.75) is 20.4 Å². The van der Waals surface area contributed by atoms with Crippen molar-refractivity contribution in [1.82, 2.24) is 9.88 Å². The minimum Gasteiger partial charge on any atom is -0.476 e. The number of benzene rings is 1. The molecular weight excluding hydrogens is 310 g/mol. The highest BCUT2D eigenvalue weighted by molar-refractivity contribution is 5.77. The SMILES string of the molecule is Cc1ccc(OCC(=O)N(C)Cc2ccccc2C)c([N+](=O)[O-])n1. The number of nitro groups is 1. The third-order valence-electron chi connectivity index (χ3n) is 3.60. The first-order valence-corrected chi connectivity index (χ1v) is 7.42. The monoisotopic (exact) mass is 329 g/mol. The minimum atomic E-state index is -0.621. The normalized spacial score (nSPS) is 10.3. The smallest absolute Gasteiger partial charge is 0.406 e. The van der Waals surface area contributed by atoms with Crippen LogP contribution in [0.4, 0.5) is 5.82 Å². The average Bonchev–Trinajstić information content (AvgIpc) is 2.55. The summed E-state index contributed by atoms with van der Waals surface area (Å²) in [5, 5.41) is 11.0. The van der Waals surface area contributed by atoms with E-state index in [0.29, 0.717) is 12.2 Å². The first kappa shape index (κ1) is 17.4. The van der Waals surface area contributed by atoms with Crippen LogP contribution >= 0.6 is 0 Å². The van der Waals surface area contributed by atoms with E-state index < -0.39 is 4.92 Å². The van der Waals surface area contributed by atoms with E-state index in [2.05, 4.69) is 4.98 Å². The third-order valence-corrected chi connectivity index (χ3v) is 3.60. The highest BCUT2D eigenvalue weighted by Crippen LogP contribution is 2.24. The Balaban J connectivity index is 2.00. The van der Waals surface area contributed by atoms with Crippen molar-refractivity contribution in [3.63, 3.8) is 0 Å². The lowest BCUT2D eigenvalue weighted by atomic mass is 10.1. The molecule has 0 atom stereocenters. The molecule has 1 amide bonds. The molecule has 0 saturated carbocycles. The zero-order valence-electron chi connectivity index (χ0n) is 13.9. The molecule has 7 nitrogen and oxygen atoms in total. The fraction of sp³-hybridized carbons (Fsp3) is 0.294. The van der Waals surface area contributed by atoms with Gasteiger partial charge >= 0.3 is 5.82 Å². The first-order valence-electron chi connectivity index (χ1n) is 7.42. The van der Waals surface area contributed by atoms with Gasteiger partial charge < -0.3 is 19.8 Å².